The second-order valence-electron chi connectivity index (χ2n) is 8.37. The smallest absolute Gasteiger partial charge is 0.256 e. The van der Waals surface area contributed by atoms with E-state index in [2.05, 4.69) is 16.0 Å². The summed E-state index contributed by atoms with van der Waals surface area (Å²) < 4.78 is 5.16. The van der Waals surface area contributed by atoms with Crippen LogP contribution < -0.4 is 16.0 Å². The van der Waals surface area contributed by atoms with Crippen molar-refractivity contribution in [1.82, 2.24) is 15.5 Å². The van der Waals surface area contributed by atoms with Gasteiger partial charge in [-0.1, -0.05) is 24.3 Å². The Balaban J connectivity index is 1.51. The number of hydrogen-bond donors (Lipinski definition) is 3. The molecule has 2 aliphatic rings. The number of carbonyl (C=O) groups is 3. The fourth-order valence-electron chi connectivity index (χ4n) is 4.36. The molecule has 174 valence electrons. The Kier molecular flexibility index (Phi) is 7.24. The van der Waals surface area contributed by atoms with Crippen LogP contribution in [0.3, 0.4) is 0 Å². The van der Waals surface area contributed by atoms with Gasteiger partial charge in [0.25, 0.3) is 11.8 Å². The highest BCUT2D eigenvalue weighted by Crippen LogP contribution is 2.34. The Bertz CT molecular complexity index is 1020. The van der Waals surface area contributed by atoms with Gasteiger partial charge in [0.1, 0.15) is 12.2 Å². The molecule has 2 aliphatic heterocycles. The van der Waals surface area contributed by atoms with E-state index in [1.807, 2.05) is 30.3 Å². The zero-order valence-corrected chi connectivity index (χ0v) is 18.8. The second kappa shape index (κ2) is 10.5. The maximum absolute atomic E-state index is 13.0. The molecule has 2 atom stereocenters. The van der Waals surface area contributed by atoms with Crippen molar-refractivity contribution in [2.75, 3.05) is 32.1 Å². The van der Waals surface area contributed by atoms with Crippen LogP contribution >= 0.6 is 0 Å². The Morgan fingerprint density at radius 3 is 2.85 bits per heavy atom. The van der Waals surface area contributed by atoms with E-state index in [1.54, 1.807) is 30.2 Å². The maximum atomic E-state index is 13.0. The number of carbonyl (C=O) groups excluding carboxylic acids is 3. The molecule has 0 saturated carbocycles. The number of ether oxygens (including phenoxy) is 1. The van der Waals surface area contributed by atoms with Crippen LogP contribution in [0, 0.1) is 0 Å². The number of anilines is 1. The van der Waals surface area contributed by atoms with Crippen molar-refractivity contribution in [3.8, 4) is 0 Å². The van der Waals surface area contributed by atoms with E-state index in [0.717, 1.165) is 30.5 Å². The minimum absolute atomic E-state index is 0.0209. The third kappa shape index (κ3) is 5.17. The van der Waals surface area contributed by atoms with Gasteiger partial charge in [-0.3, -0.25) is 14.4 Å². The molecule has 0 aromatic heterocycles. The van der Waals surface area contributed by atoms with Gasteiger partial charge in [0.2, 0.25) is 5.91 Å². The molecule has 3 N–H and O–H groups in total. The Hall–Kier alpha value is -3.39. The van der Waals surface area contributed by atoms with Crippen molar-refractivity contribution in [1.29, 1.82) is 0 Å². The van der Waals surface area contributed by atoms with E-state index in [1.165, 1.54) is 0 Å². The number of hydrogen-bond acceptors (Lipinski definition) is 5. The molecule has 0 radical (unpaired) electrons. The first-order valence-electron chi connectivity index (χ1n) is 11.4. The number of nitrogens with one attached hydrogen (secondary N) is 3. The van der Waals surface area contributed by atoms with E-state index >= 15 is 0 Å². The minimum atomic E-state index is -0.521. The summed E-state index contributed by atoms with van der Waals surface area (Å²) in [7, 11) is 1.64. The summed E-state index contributed by atoms with van der Waals surface area (Å²) in [6.07, 6.45) is 2.82. The normalized spacial score (nSPS) is 20.1. The molecule has 2 unspecified atom stereocenters. The molecule has 0 spiro atoms. The fourth-order valence-corrected chi connectivity index (χ4v) is 4.36. The van der Waals surface area contributed by atoms with Gasteiger partial charge in [0.05, 0.1) is 0 Å². The molecule has 8 heteroatoms. The summed E-state index contributed by atoms with van der Waals surface area (Å²) in [5.41, 5.74) is 2.77. The van der Waals surface area contributed by atoms with Gasteiger partial charge >= 0.3 is 0 Å². The zero-order chi connectivity index (χ0) is 23.2. The maximum Gasteiger partial charge on any atom is 0.256 e. The first-order valence-corrected chi connectivity index (χ1v) is 11.4. The van der Waals surface area contributed by atoms with Gasteiger partial charge in [-0.05, 0) is 49.9 Å². The molecule has 2 aromatic rings. The average Bonchev–Trinajstić information content (AvgIpc) is 2.95. The standard InChI is InChI=1S/C25H30N4O4/c1-33-15-7-14-29-22(19-10-2-3-11-20(19)25(29)32)27-18-9-6-8-17(16-18)23(30)28-21-12-4-5-13-26-24(21)31/h2-3,6,8-11,16,21-22,27H,4-5,7,12-15H2,1H3,(H,26,31)(H,28,30). The molecule has 3 amide bonds. The topological polar surface area (TPSA) is 99.8 Å². The SMILES string of the molecule is COCCCN1C(=O)c2ccccc2C1Nc1cccc(C(=O)NC2CCCCNC2=O)c1. The van der Waals surface area contributed by atoms with Crippen LogP contribution in [0.15, 0.2) is 48.5 Å². The number of nitrogens with zero attached hydrogens (tertiary/aromatic N) is 1. The molecule has 2 aromatic carbocycles. The minimum Gasteiger partial charge on any atom is -0.385 e. The zero-order valence-electron chi connectivity index (χ0n) is 18.8. The van der Waals surface area contributed by atoms with Crippen LogP contribution in [0.1, 0.15) is 58.1 Å². The number of methoxy groups -OCH3 is 1. The van der Waals surface area contributed by atoms with Gasteiger partial charge in [-0.2, -0.15) is 0 Å². The van der Waals surface area contributed by atoms with Crippen molar-refractivity contribution in [3.05, 3.63) is 65.2 Å². The van der Waals surface area contributed by atoms with Crippen LogP contribution in [-0.4, -0.2) is 55.5 Å². The van der Waals surface area contributed by atoms with E-state index in [-0.39, 0.29) is 23.9 Å². The molecule has 4 rings (SSSR count). The fraction of sp³-hybridized carbons (Fsp3) is 0.400. The van der Waals surface area contributed by atoms with Crippen LogP contribution in [0.5, 0.6) is 0 Å². The van der Waals surface area contributed by atoms with Crippen LogP contribution in [0.4, 0.5) is 5.69 Å². The predicted molar refractivity (Wildman–Crippen MR) is 125 cm³/mol. The Morgan fingerprint density at radius 2 is 2.00 bits per heavy atom. The highest BCUT2D eigenvalue weighted by Gasteiger charge is 2.36. The van der Waals surface area contributed by atoms with Gasteiger partial charge in [-0.15, -0.1) is 0 Å². The molecule has 2 heterocycles. The van der Waals surface area contributed by atoms with E-state index in [9.17, 15) is 14.4 Å². The molecular formula is C25H30N4O4. The summed E-state index contributed by atoms with van der Waals surface area (Å²) in [6.45, 7) is 1.76. The first kappa shape index (κ1) is 22.8. The quantitative estimate of drug-likeness (QED) is 0.537. The lowest BCUT2D eigenvalue weighted by Gasteiger charge is -2.27. The van der Waals surface area contributed by atoms with Gasteiger partial charge in [0, 0.05) is 49.2 Å². The summed E-state index contributed by atoms with van der Waals surface area (Å²) in [5.74, 6) is -0.448. The summed E-state index contributed by atoms with van der Waals surface area (Å²) in [4.78, 5) is 39.8. The third-order valence-electron chi connectivity index (χ3n) is 6.07. The van der Waals surface area contributed by atoms with Gasteiger partial charge < -0.3 is 25.6 Å². The third-order valence-corrected chi connectivity index (χ3v) is 6.07. The van der Waals surface area contributed by atoms with E-state index in [0.29, 0.717) is 37.2 Å². The lowest BCUT2D eigenvalue weighted by Crippen LogP contribution is -2.45. The Morgan fingerprint density at radius 1 is 1.15 bits per heavy atom. The molecule has 0 aliphatic carbocycles. The highest BCUT2D eigenvalue weighted by atomic mass is 16.5. The molecule has 33 heavy (non-hydrogen) atoms. The second-order valence-corrected chi connectivity index (χ2v) is 8.37. The molecule has 8 nitrogen and oxygen atoms in total. The Labute approximate surface area is 193 Å². The summed E-state index contributed by atoms with van der Waals surface area (Å²) >= 11 is 0. The number of amides is 3. The predicted octanol–water partition coefficient (Wildman–Crippen LogP) is 2.69. The number of benzene rings is 2. The van der Waals surface area contributed by atoms with Gasteiger partial charge in [0.15, 0.2) is 0 Å². The first-order chi connectivity index (χ1) is 16.1. The van der Waals surface area contributed by atoms with Gasteiger partial charge in [-0.25, -0.2) is 0 Å². The van der Waals surface area contributed by atoms with Crippen LogP contribution in [0.2, 0.25) is 0 Å². The summed E-state index contributed by atoms with van der Waals surface area (Å²) in [6, 6.07) is 14.2. The lowest BCUT2D eigenvalue weighted by molar-refractivity contribution is -0.122. The summed E-state index contributed by atoms with van der Waals surface area (Å²) in [5, 5.41) is 9.12. The van der Waals surface area contributed by atoms with Crippen molar-refractivity contribution in [2.24, 2.45) is 0 Å². The molecule has 1 fully saturated rings. The molecular weight excluding hydrogens is 420 g/mol. The number of fused-ring (bicyclic) bond motifs is 1. The van der Waals surface area contributed by atoms with Crippen LogP contribution in [0.25, 0.3) is 0 Å². The van der Waals surface area contributed by atoms with Crippen molar-refractivity contribution in [3.63, 3.8) is 0 Å². The highest BCUT2D eigenvalue weighted by molar-refractivity contribution is 6.00. The van der Waals surface area contributed by atoms with E-state index in [4.69, 9.17) is 4.74 Å². The monoisotopic (exact) mass is 450 g/mol. The number of rotatable bonds is 8. The van der Waals surface area contributed by atoms with Crippen molar-refractivity contribution < 1.29 is 19.1 Å². The van der Waals surface area contributed by atoms with Crippen molar-refractivity contribution >= 4 is 23.4 Å². The largest absolute Gasteiger partial charge is 0.385 e. The molecule has 0 bridgehead atoms. The lowest BCUT2D eigenvalue weighted by atomic mass is 10.1. The van der Waals surface area contributed by atoms with Crippen molar-refractivity contribution in [2.45, 2.75) is 37.9 Å². The molecule has 1 saturated heterocycles. The van der Waals surface area contributed by atoms with Crippen LogP contribution in [-0.2, 0) is 9.53 Å². The average molecular weight is 451 g/mol. The van der Waals surface area contributed by atoms with E-state index < -0.39 is 6.04 Å².